The van der Waals surface area contributed by atoms with Gasteiger partial charge in [0.1, 0.15) is 0 Å². The SMILES string of the molecule is O=C(O)C(CCc1ccccc1)C(CCc1ccccc1)(C(=O)O)S(=O)(=O)O. The highest BCUT2D eigenvalue weighted by Gasteiger charge is 2.58. The predicted octanol–water partition coefficient (Wildman–Crippen LogP) is 2.66. The Morgan fingerprint density at radius 3 is 1.71 bits per heavy atom. The van der Waals surface area contributed by atoms with Crippen molar-refractivity contribution < 1.29 is 32.8 Å². The molecule has 0 saturated heterocycles. The fourth-order valence-corrected chi connectivity index (χ4v) is 4.49. The predicted molar refractivity (Wildman–Crippen MR) is 103 cm³/mol. The first-order valence-electron chi connectivity index (χ1n) is 8.69. The Morgan fingerprint density at radius 1 is 0.857 bits per heavy atom. The van der Waals surface area contributed by atoms with Crippen LogP contribution >= 0.6 is 0 Å². The minimum atomic E-state index is -5.22. The summed E-state index contributed by atoms with van der Waals surface area (Å²) in [5.74, 6) is -5.26. The average molecular weight is 406 g/mol. The Hall–Kier alpha value is -2.71. The van der Waals surface area contributed by atoms with Gasteiger partial charge in [0.15, 0.2) is 0 Å². The van der Waals surface area contributed by atoms with Crippen molar-refractivity contribution in [3.63, 3.8) is 0 Å². The average Bonchev–Trinajstić information content (AvgIpc) is 2.64. The standard InChI is InChI=1S/C20H22O7S/c21-18(22)17(12-11-15-7-3-1-4-8-15)20(19(23)24,28(25,26)27)14-13-16-9-5-2-6-10-16/h1-10,17H,11-14H2,(H,21,22)(H,23,24)(H,25,26,27). The summed E-state index contributed by atoms with van der Waals surface area (Å²) in [5.41, 5.74) is 1.38. The quantitative estimate of drug-likeness (QED) is 0.517. The molecule has 3 N–H and O–H groups in total. The zero-order chi connectivity index (χ0) is 20.8. The molecule has 0 aliphatic carbocycles. The van der Waals surface area contributed by atoms with Gasteiger partial charge in [-0.2, -0.15) is 8.42 Å². The second-order valence-electron chi connectivity index (χ2n) is 6.57. The topological polar surface area (TPSA) is 129 Å². The van der Waals surface area contributed by atoms with Crippen molar-refractivity contribution in [3.8, 4) is 0 Å². The summed E-state index contributed by atoms with van der Waals surface area (Å²) in [5, 5.41) is 19.4. The molecule has 0 fully saturated rings. The van der Waals surface area contributed by atoms with Crippen molar-refractivity contribution in [1.29, 1.82) is 0 Å². The third-order valence-corrected chi connectivity index (χ3v) is 6.46. The summed E-state index contributed by atoms with van der Waals surface area (Å²) in [6.07, 6.45) is -0.660. The molecule has 0 saturated carbocycles. The smallest absolute Gasteiger partial charge is 0.328 e. The van der Waals surface area contributed by atoms with Crippen molar-refractivity contribution in [2.75, 3.05) is 0 Å². The third kappa shape index (κ3) is 4.76. The van der Waals surface area contributed by atoms with E-state index in [-0.39, 0.29) is 19.3 Å². The molecule has 0 spiro atoms. The molecule has 0 amide bonds. The molecule has 2 atom stereocenters. The van der Waals surface area contributed by atoms with Crippen molar-refractivity contribution in [2.45, 2.75) is 30.4 Å². The molecule has 0 aliphatic rings. The van der Waals surface area contributed by atoms with E-state index in [0.717, 1.165) is 5.56 Å². The number of carboxylic acid groups (broad SMARTS) is 2. The molecule has 8 heteroatoms. The molecule has 2 aromatic rings. The Labute approximate surface area is 163 Å². The molecular formula is C20H22O7S. The van der Waals surface area contributed by atoms with Crippen molar-refractivity contribution >= 4 is 22.1 Å². The molecule has 2 rings (SSSR count). The molecule has 2 unspecified atom stereocenters. The number of hydrogen-bond donors (Lipinski definition) is 3. The van der Waals surface area contributed by atoms with Gasteiger partial charge in [0.25, 0.3) is 10.1 Å². The Bertz CT molecular complexity index is 910. The summed E-state index contributed by atoms with van der Waals surface area (Å²) in [6.45, 7) is 0. The number of rotatable bonds is 10. The lowest BCUT2D eigenvalue weighted by molar-refractivity contribution is -0.152. The van der Waals surface area contributed by atoms with Gasteiger partial charge in [0, 0.05) is 0 Å². The second kappa shape index (κ2) is 8.99. The van der Waals surface area contributed by atoms with Gasteiger partial charge >= 0.3 is 11.9 Å². The maximum absolute atomic E-state index is 12.2. The number of carbonyl (C=O) groups is 2. The van der Waals surface area contributed by atoms with E-state index in [4.69, 9.17) is 0 Å². The van der Waals surface area contributed by atoms with Crippen molar-refractivity contribution in [1.82, 2.24) is 0 Å². The summed E-state index contributed by atoms with van der Waals surface area (Å²) >= 11 is 0. The molecule has 28 heavy (non-hydrogen) atoms. The molecular weight excluding hydrogens is 384 g/mol. The number of hydrogen-bond acceptors (Lipinski definition) is 4. The highest BCUT2D eigenvalue weighted by Crippen LogP contribution is 2.36. The van der Waals surface area contributed by atoms with E-state index < -0.39 is 39.1 Å². The van der Waals surface area contributed by atoms with E-state index in [1.807, 2.05) is 0 Å². The van der Waals surface area contributed by atoms with Crippen LogP contribution in [0.5, 0.6) is 0 Å². The third-order valence-electron chi connectivity index (χ3n) is 4.88. The molecule has 0 bridgehead atoms. The van der Waals surface area contributed by atoms with Gasteiger partial charge in [-0.3, -0.25) is 14.1 Å². The van der Waals surface area contributed by atoms with Crippen LogP contribution in [0.3, 0.4) is 0 Å². The van der Waals surface area contributed by atoms with Crippen LogP contribution in [0.1, 0.15) is 24.0 Å². The van der Waals surface area contributed by atoms with Gasteiger partial charge in [-0.1, -0.05) is 60.7 Å². The van der Waals surface area contributed by atoms with Gasteiger partial charge in [-0.05, 0) is 36.8 Å². The lowest BCUT2D eigenvalue weighted by Crippen LogP contribution is -2.55. The van der Waals surface area contributed by atoms with E-state index in [0.29, 0.717) is 5.56 Å². The van der Waals surface area contributed by atoms with Gasteiger partial charge < -0.3 is 10.2 Å². The van der Waals surface area contributed by atoms with Crippen LogP contribution in [-0.2, 0) is 32.5 Å². The van der Waals surface area contributed by atoms with Crippen LogP contribution in [0, 0.1) is 5.92 Å². The zero-order valence-electron chi connectivity index (χ0n) is 15.1. The fraction of sp³-hybridized carbons (Fsp3) is 0.300. The van der Waals surface area contributed by atoms with Crippen LogP contribution in [0.15, 0.2) is 60.7 Å². The van der Waals surface area contributed by atoms with E-state index >= 15 is 0 Å². The van der Waals surface area contributed by atoms with Crippen LogP contribution in [0.2, 0.25) is 0 Å². The first-order chi connectivity index (χ1) is 13.2. The summed E-state index contributed by atoms with van der Waals surface area (Å²) in [4.78, 5) is 23.9. The van der Waals surface area contributed by atoms with Gasteiger partial charge in [-0.25, -0.2) is 0 Å². The normalized spacial score (nSPS) is 14.8. The van der Waals surface area contributed by atoms with E-state index in [2.05, 4.69) is 0 Å². The molecule has 0 aromatic heterocycles. The molecule has 0 aliphatic heterocycles. The van der Waals surface area contributed by atoms with Gasteiger partial charge in [0.05, 0.1) is 5.92 Å². The van der Waals surface area contributed by atoms with Gasteiger partial charge in [-0.15, -0.1) is 0 Å². The first kappa shape index (κ1) is 21.6. The van der Waals surface area contributed by atoms with Crippen molar-refractivity contribution in [3.05, 3.63) is 71.8 Å². The largest absolute Gasteiger partial charge is 0.481 e. The first-order valence-corrected chi connectivity index (χ1v) is 10.1. The van der Waals surface area contributed by atoms with E-state index in [1.165, 1.54) is 0 Å². The second-order valence-corrected chi connectivity index (χ2v) is 8.25. The Balaban J connectivity index is 2.40. The van der Waals surface area contributed by atoms with Crippen LogP contribution in [0.25, 0.3) is 0 Å². The number of carboxylic acids is 2. The number of aliphatic carboxylic acids is 2. The summed E-state index contributed by atoms with van der Waals surface area (Å²) < 4.78 is 31.3. The monoisotopic (exact) mass is 406 g/mol. The summed E-state index contributed by atoms with van der Waals surface area (Å²) in [7, 11) is -5.22. The lowest BCUT2D eigenvalue weighted by atomic mass is 9.82. The van der Waals surface area contributed by atoms with Crippen LogP contribution in [0.4, 0.5) is 0 Å². The fourth-order valence-electron chi connectivity index (χ4n) is 3.34. The van der Waals surface area contributed by atoms with Crippen molar-refractivity contribution in [2.24, 2.45) is 5.92 Å². The molecule has 0 heterocycles. The Kier molecular flexibility index (Phi) is 6.93. The van der Waals surface area contributed by atoms with Crippen LogP contribution < -0.4 is 0 Å². The molecule has 0 radical (unpaired) electrons. The highest BCUT2D eigenvalue weighted by atomic mass is 32.2. The molecule has 150 valence electrons. The Morgan fingerprint density at radius 2 is 1.32 bits per heavy atom. The number of aryl methyl sites for hydroxylation is 2. The van der Waals surface area contributed by atoms with E-state index in [9.17, 15) is 32.8 Å². The molecule has 2 aromatic carbocycles. The zero-order valence-corrected chi connectivity index (χ0v) is 15.9. The van der Waals surface area contributed by atoms with E-state index in [1.54, 1.807) is 60.7 Å². The number of benzene rings is 2. The maximum Gasteiger partial charge on any atom is 0.328 e. The van der Waals surface area contributed by atoms with Gasteiger partial charge in [0.2, 0.25) is 4.75 Å². The molecule has 7 nitrogen and oxygen atoms in total. The lowest BCUT2D eigenvalue weighted by Gasteiger charge is -2.32. The summed E-state index contributed by atoms with van der Waals surface area (Å²) in [6, 6.07) is 17.2. The minimum absolute atomic E-state index is 0.0119. The highest BCUT2D eigenvalue weighted by molar-refractivity contribution is 7.88. The maximum atomic E-state index is 12.2. The minimum Gasteiger partial charge on any atom is -0.481 e. The van der Waals surface area contributed by atoms with Crippen LogP contribution in [-0.4, -0.2) is 39.9 Å².